The molecular formula is C18H11N3O3S. The highest BCUT2D eigenvalue weighted by Gasteiger charge is 2.09. The molecule has 7 heteroatoms. The van der Waals surface area contributed by atoms with Gasteiger partial charge in [-0.05, 0) is 42.5 Å². The molecule has 0 amide bonds. The Morgan fingerprint density at radius 2 is 1.88 bits per heavy atom. The van der Waals surface area contributed by atoms with E-state index in [1.165, 1.54) is 6.07 Å². The van der Waals surface area contributed by atoms with Crippen LogP contribution in [-0.2, 0) is 0 Å². The number of nitro groups is 1. The summed E-state index contributed by atoms with van der Waals surface area (Å²) >= 11 is 1.09. The third kappa shape index (κ3) is 3.17. The molecule has 2 aromatic heterocycles. The molecule has 6 nitrogen and oxygen atoms in total. The fourth-order valence-corrected chi connectivity index (χ4v) is 3.03. The van der Waals surface area contributed by atoms with Gasteiger partial charge in [-0.3, -0.25) is 15.1 Å². The van der Waals surface area contributed by atoms with E-state index in [1.807, 2.05) is 48.5 Å². The van der Waals surface area contributed by atoms with Crippen molar-refractivity contribution in [3.8, 4) is 11.5 Å². The van der Waals surface area contributed by atoms with Crippen molar-refractivity contribution in [3.05, 3.63) is 75.7 Å². The van der Waals surface area contributed by atoms with Crippen molar-refractivity contribution in [2.45, 2.75) is 0 Å². The Kier molecular flexibility index (Phi) is 3.83. The van der Waals surface area contributed by atoms with Crippen molar-refractivity contribution < 1.29 is 9.34 Å². The molecule has 0 saturated heterocycles. The van der Waals surface area contributed by atoms with Gasteiger partial charge in [0.2, 0.25) is 5.89 Å². The summed E-state index contributed by atoms with van der Waals surface area (Å²) in [7, 11) is 0. The highest BCUT2D eigenvalue weighted by Crippen LogP contribution is 2.26. The van der Waals surface area contributed by atoms with Crippen LogP contribution >= 0.6 is 11.3 Å². The lowest BCUT2D eigenvalue weighted by Crippen LogP contribution is -1.80. The summed E-state index contributed by atoms with van der Waals surface area (Å²) in [6.45, 7) is 0. The molecule has 0 aliphatic rings. The quantitative estimate of drug-likeness (QED) is 0.287. The minimum atomic E-state index is -0.406. The van der Waals surface area contributed by atoms with Gasteiger partial charge in [0.15, 0.2) is 5.58 Å². The van der Waals surface area contributed by atoms with Crippen LogP contribution in [0.1, 0.15) is 4.88 Å². The second kappa shape index (κ2) is 6.29. The maximum absolute atomic E-state index is 10.7. The summed E-state index contributed by atoms with van der Waals surface area (Å²) in [5, 5.41) is 10.8. The molecule has 4 rings (SSSR count). The van der Waals surface area contributed by atoms with Crippen LogP contribution in [0.5, 0.6) is 0 Å². The lowest BCUT2D eigenvalue weighted by atomic mass is 10.2. The first-order chi connectivity index (χ1) is 12.2. The smallest absolute Gasteiger partial charge is 0.324 e. The number of fused-ring (bicyclic) bond motifs is 1. The van der Waals surface area contributed by atoms with E-state index in [-0.39, 0.29) is 5.00 Å². The normalized spacial score (nSPS) is 11.4. The van der Waals surface area contributed by atoms with E-state index < -0.39 is 4.92 Å². The number of hydrogen-bond donors (Lipinski definition) is 0. The zero-order valence-corrected chi connectivity index (χ0v) is 13.6. The van der Waals surface area contributed by atoms with Crippen LogP contribution in [0.3, 0.4) is 0 Å². The minimum Gasteiger partial charge on any atom is -0.436 e. The van der Waals surface area contributed by atoms with E-state index in [9.17, 15) is 10.1 Å². The van der Waals surface area contributed by atoms with Gasteiger partial charge in [0.25, 0.3) is 0 Å². The number of para-hydroxylation sites is 2. The Morgan fingerprint density at radius 1 is 1.08 bits per heavy atom. The molecule has 2 heterocycles. The lowest BCUT2D eigenvalue weighted by molar-refractivity contribution is -0.380. The van der Waals surface area contributed by atoms with E-state index in [0.717, 1.165) is 38.6 Å². The van der Waals surface area contributed by atoms with Crippen LogP contribution < -0.4 is 0 Å². The van der Waals surface area contributed by atoms with E-state index in [4.69, 9.17) is 4.42 Å². The predicted molar refractivity (Wildman–Crippen MR) is 97.7 cm³/mol. The van der Waals surface area contributed by atoms with Gasteiger partial charge in [-0.1, -0.05) is 23.5 Å². The average molecular weight is 349 g/mol. The molecule has 122 valence electrons. The van der Waals surface area contributed by atoms with Gasteiger partial charge in [0.05, 0.1) is 15.5 Å². The largest absolute Gasteiger partial charge is 0.436 e. The number of rotatable bonds is 4. The maximum Gasteiger partial charge on any atom is 0.324 e. The molecule has 0 N–H and O–H groups in total. The van der Waals surface area contributed by atoms with Crippen molar-refractivity contribution in [1.29, 1.82) is 0 Å². The molecule has 0 saturated carbocycles. The molecule has 0 aliphatic carbocycles. The van der Waals surface area contributed by atoms with Gasteiger partial charge in [0, 0.05) is 17.8 Å². The van der Waals surface area contributed by atoms with E-state index in [2.05, 4.69) is 9.98 Å². The van der Waals surface area contributed by atoms with Gasteiger partial charge in [-0.2, -0.15) is 0 Å². The van der Waals surface area contributed by atoms with Crippen molar-refractivity contribution in [3.63, 3.8) is 0 Å². The molecule has 0 bridgehead atoms. The van der Waals surface area contributed by atoms with Crippen molar-refractivity contribution in [2.75, 3.05) is 0 Å². The number of aliphatic imine (C=N–C) groups is 1. The Bertz CT molecular complexity index is 1050. The molecular weight excluding hydrogens is 338 g/mol. The minimum absolute atomic E-state index is 0.104. The van der Waals surface area contributed by atoms with E-state index >= 15 is 0 Å². The molecule has 2 aromatic carbocycles. The number of hydrogen-bond acceptors (Lipinski definition) is 6. The van der Waals surface area contributed by atoms with Crippen LogP contribution in [-0.4, -0.2) is 16.1 Å². The number of thiophene rings is 1. The Balaban J connectivity index is 1.54. The first-order valence-electron chi connectivity index (χ1n) is 7.43. The van der Waals surface area contributed by atoms with Gasteiger partial charge in [-0.15, -0.1) is 0 Å². The van der Waals surface area contributed by atoms with Crippen LogP contribution in [0, 0.1) is 10.1 Å². The zero-order chi connectivity index (χ0) is 17.2. The van der Waals surface area contributed by atoms with Crippen LogP contribution in [0.15, 0.2) is 70.1 Å². The number of nitrogens with zero attached hydrogens (tertiary/aromatic N) is 3. The van der Waals surface area contributed by atoms with Crippen LogP contribution in [0.2, 0.25) is 0 Å². The summed E-state index contributed by atoms with van der Waals surface area (Å²) in [5.74, 6) is 0.561. The van der Waals surface area contributed by atoms with Crippen molar-refractivity contribution in [2.24, 2.45) is 4.99 Å². The standard InChI is InChI=1S/C18H11N3O3S/c22-21(23)17-10-9-14(25-17)11-19-13-7-5-12(6-8-13)18-20-15-3-1-2-4-16(15)24-18/h1-11H. The van der Waals surface area contributed by atoms with E-state index in [1.54, 1.807) is 12.3 Å². The molecule has 0 atom stereocenters. The summed E-state index contributed by atoms with van der Waals surface area (Å²) in [6.07, 6.45) is 1.62. The molecule has 0 radical (unpaired) electrons. The molecule has 0 fully saturated rings. The maximum atomic E-state index is 10.7. The van der Waals surface area contributed by atoms with Gasteiger partial charge < -0.3 is 4.42 Å². The third-order valence-electron chi connectivity index (χ3n) is 3.54. The Hall–Kier alpha value is -3.32. The fourth-order valence-electron chi connectivity index (χ4n) is 2.33. The number of oxazole rings is 1. The molecule has 4 aromatic rings. The summed E-state index contributed by atoms with van der Waals surface area (Å²) < 4.78 is 5.74. The number of benzene rings is 2. The van der Waals surface area contributed by atoms with Crippen LogP contribution in [0.4, 0.5) is 10.7 Å². The van der Waals surface area contributed by atoms with Gasteiger partial charge in [-0.25, -0.2) is 4.98 Å². The fraction of sp³-hybridized carbons (Fsp3) is 0. The first kappa shape index (κ1) is 15.2. The van der Waals surface area contributed by atoms with Gasteiger partial charge >= 0.3 is 5.00 Å². The number of aromatic nitrogens is 1. The summed E-state index contributed by atoms with van der Waals surface area (Å²) in [5.41, 5.74) is 3.18. The van der Waals surface area contributed by atoms with Crippen molar-refractivity contribution in [1.82, 2.24) is 4.98 Å². The second-order valence-corrected chi connectivity index (χ2v) is 6.32. The summed E-state index contributed by atoms with van der Waals surface area (Å²) in [4.78, 5) is 19.8. The summed E-state index contributed by atoms with van der Waals surface area (Å²) in [6, 6.07) is 18.2. The Morgan fingerprint density at radius 3 is 2.60 bits per heavy atom. The van der Waals surface area contributed by atoms with Gasteiger partial charge in [0.1, 0.15) is 5.52 Å². The van der Waals surface area contributed by atoms with Crippen molar-refractivity contribution >= 4 is 39.3 Å². The predicted octanol–water partition coefficient (Wildman–Crippen LogP) is 5.22. The lowest BCUT2D eigenvalue weighted by Gasteiger charge is -1.96. The molecule has 0 aliphatic heterocycles. The molecule has 0 spiro atoms. The zero-order valence-electron chi connectivity index (χ0n) is 12.8. The Labute approximate surface area is 146 Å². The second-order valence-electron chi connectivity index (χ2n) is 5.22. The van der Waals surface area contributed by atoms with E-state index in [0.29, 0.717) is 5.89 Å². The monoisotopic (exact) mass is 349 g/mol. The highest BCUT2D eigenvalue weighted by molar-refractivity contribution is 7.16. The SMILES string of the molecule is O=[N+]([O-])c1ccc(C=Nc2ccc(-c3nc4ccccc4o3)cc2)s1. The average Bonchev–Trinajstić information content (AvgIpc) is 3.27. The molecule has 0 unspecified atom stereocenters. The molecule has 25 heavy (non-hydrogen) atoms. The van der Waals surface area contributed by atoms with Crippen LogP contribution in [0.25, 0.3) is 22.6 Å². The third-order valence-corrected chi connectivity index (χ3v) is 4.51. The first-order valence-corrected chi connectivity index (χ1v) is 8.25. The topological polar surface area (TPSA) is 81.5 Å². The highest BCUT2D eigenvalue weighted by atomic mass is 32.1.